The van der Waals surface area contributed by atoms with E-state index in [1.54, 1.807) is 12.4 Å². The van der Waals surface area contributed by atoms with Crippen molar-refractivity contribution < 1.29 is 4.74 Å². The minimum absolute atomic E-state index is 0.197. The molecule has 2 aromatic rings. The number of aryl methyl sites for hydroxylation is 1. The number of nitrogens with zero attached hydrogens (tertiary/aromatic N) is 4. The van der Waals surface area contributed by atoms with Gasteiger partial charge in [0.15, 0.2) is 0 Å². The highest BCUT2D eigenvalue weighted by Crippen LogP contribution is 2.18. The van der Waals surface area contributed by atoms with Gasteiger partial charge in [0, 0.05) is 37.7 Å². The fourth-order valence-corrected chi connectivity index (χ4v) is 2.82. The Hall–Kier alpha value is -1.53. The van der Waals surface area contributed by atoms with E-state index in [1.807, 2.05) is 13.0 Å². The van der Waals surface area contributed by atoms with Crippen LogP contribution in [0.25, 0.3) is 0 Å². The van der Waals surface area contributed by atoms with Crippen LogP contribution in [0.15, 0.2) is 35.1 Å². The van der Waals surface area contributed by atoms with Gasteiger partial charge in [-0.05, 0) is 47.8 Å². The first-order valence-electron chi connectivity index (χ1n) is 7.48. The summed E-state index contributed by atoms with van der Waals surface area (Å²) >= 11 is 3.32. The maximum atomic E-state index is 5.84. The Bertz CT molecular complexity index is 612. The van der Waals surface area contributed by atoms with Gasteiger partial charge < -0.3 is 4.74 Å². The van der Waals surface area contributed by atoms with Gasteiger partial charge in [0.25, 0.3) is 0 Å². The normalized spacial score (nSPS) is 16.6. The number of pyridine rings is 1. The zero-order chi connectivity index (χ0) is 15.4. The van der Waals surface area contributed by atoms with Crippen LogP contribution in [0, 0.1) is 6.92 Å². The lowest BCUT2D eigenvalue weighted by molar-refractivity contribution is 0.0886. The van der Waals surface area contributed by atoms with Crippen molar-refractivity contribution in [2.45, 2.75) is 32.4 Å². The first-order chi connectivity index (χ1) is 10.7. The lowest BCUT2D eigenvalue weighted by Crippen LogP contribution is -2.38. The molecule has 5 nitrogen and oxygen atoms in total. The summed E-state index contributed by atoms with van der Waals surface area (Å²) in [5, 5.41) is 0. The van der Waals surface area contributed by atoms with Crippen molar-refractivity contribution in [3.8, 4) is 6.01 Å². The molecule has 0 aliphatic carbocycles. The summed E-state index contributed by atoms with van der Waals surface area (Å²) in [4.78, 5) is 15.3. The van der Waals surface area contributed by atoms with Gasteiger partial charge in [-0.25, -0.2) is 9.97 Å². The summed E-state index contributed by atoms with van der Waals surface area (Å²) < 4.78 is 6.70. The smallest absolute Gasteiger partial charge is 0.316 e. The quantitative estimate of drug-likeness (QED) is 0.836. The zero-order valence-electron chi connectivity index (χ0n) is 12.6. The molecule has 0 amide bonds. The van der Waals surface area contributed by atoms with Gasteiger partial charge in [-0.15, -0.1) is 0 Å². The molecular weight excluding hydrogens is 344 g/mol. The number of rotatable bonds is 4. The van der Waals surface area contributed by atoms with Crippen LogP contribution in [0.1, 0.15) is 24.2 Å². The average Bonchev–Trinajstić information content (AvgIpc) is 2.52. The lowest BCUT2D eigenvalue weighted by atomic mass is 10.1. The molecule has 3 rings (SSSR count). The Kier molecular flexibility index (Phi) is 5.00. The Morgan fingerprint density at radius 1 is 1.23 bits per heavy atom. The van der Waals surface area contributed by atoms with Crippen LogP contribution in [0.5, 0.6) is 6.01 Å². The number of hydrogen-bond donors (Lipinski definition) is 0. The van der Waals surface area contributed by atoms with Crippen molar-refractivity contribution in [2.24, 2.45) is 0 Å². The minimum atomic E-state index is 0.197. The Morgan fingerprint density at radius 3 is 2.64 bits per heavy atom. The van der Waals surface area contributed by atoms with Crippen LogP contribution in [-0.2, 0) is 6.54 Å². The van der Waals surface area contributed by atoms with Crippen LogP contribution in [-0.4, -0.2) is 39.0 Å². The molecule has 0 spiro atoms. The fourth-order valence-electron chi connectivity index (χ4n) is 2.61. The second-order valence-electron chi connectivity index (χ2n) is 5.55. The molecule has 1 saturated heterocycles. The van der Waals surface area contributed by atoms with Crippen LogP contribution >= 0.6 is 15.9 Å². The number of piperidine rings is 1. The van der Waals surface area contributed by atoms with E-state index in [4.69, 9.17) is 4.74 Å². The van der Waals surface area contributed by atoms with Crippen LogP contribution in [0.3, 0.4) is 0 Å². The molecular formula is C16H19BrN4O. The van der Waals surface area contributed by atoms with E-state index in [1.165, 1.54) is 0 Å². The van der Waals surface area contributed by atoms with Crippen LogP contribution in [0.4, 0.5) is 0 Å². The van der Waals surface area contributed by atoms with E-state index in [9.17, 15) is 0 Å². The minimum Gasteiger partial charge on any atom is -0.460 e. The molecule has 1 fully saturated rings. The molecule has 3 heterocycles. The third-order valence-electron chi connectivity index (χ3n) is 3.73. The molecule has 0 atom stereocenters. The standard InChI is InChI=1S/C16H19BrN4O/c1-12-3-2-4-14(20-12)11-21-7-5-15(6-8-21)22-16-18-9-13(17)10-19-16/h2-4,9-10,15H,5-8,11H2,1H3. The van der Waals surface area contributed by atoms with E-state index in [2.05, 4.69) is 47.9 Å². The zero-order valence-corrected chi connectivity index (χ0v) is 14.2. The molecule has 2 aromatic heterocycles. The molecule has 0 saturated carbocycles. The van der Waals surface area contributed by atoms with Crippen LogP contribution < -0.4 is 4.74 Å². The Morgan fingerprint density at radius 2 is 1.95 bits per heavy atom. The highest BCUT2D eigenvalue weighted by atomic mass is 79.9. The molecule has 1 aliphatic rings. The summed E-state index contributed by atoms with van der Waals surface area (Å²) in [7, 11) is 0. The van der Waals surface area contributed by atoms with Crippen molar-refractivity contribution in [2.75, 3.05) is 13.1 Å². The van der Waals surface area contributed by atoms with Gasteiger partial charge in [-0.1, -0.05) is 6.07 Å². The van der Waals surface area contributed by atoms with E-state index >= 15 is 0 Å². The van der Waals surface area contributed by atoms with Gasteiger partial charge in [0.05, 0.1) is 10.2 Å². The summed E-state index contributed by atoms with van der Waals surface area (Å²) in [5.41, 5.74) is 2.21. The maximum absolute atomic E-state index is 5.84. The lowest BCUT2D eigenvalue weighted by Gasteiger charge is -2.31. The van der Waals surface area contributed by atoms with Crippen molar-refractivity contribution in [1.82, 2.24) is 19.9 Å². The van der Waals surface area contributed by atoms with E-state index < -0.39 is 0 Å². The van der Waals surface area contributed by atoms with Gasteiger partial charge in [-0.2, -0.15) is 0 Å². The monoisotopic (exact) mass is 362 g/mol. The van der Waals surface area contributed by atoms with Crippen molar-refractivity contribution in [3.63, 3.8) is 0 Å². The summed E-state index contributed by atoms with van der Waals surface area (Å²) in [5.74, 6) is 0. The second-order valence-corrected chi connectivity index (χ2v) is 6.46. The SMILES string of the molecule is Cc1cccc(CN2CCC(Oc3ncc(Br)cn3)CC2)n1. The predicted molar refractivity (Wildman–Crippen MR) is 87.6 cm³/mol. The van der Waals surface area contributed by atoms with Gasteiger partial charge in [-0.3, -0.25) is 9.88 Å². The maximum Gasteiger partial charge on any atom is 0.316 e. The van der Waals surface area contributed by atoms with E-state index in [0.717, 1.165) is 48.3 Å². The van der Waals surface area contributed by atoms with Gasteiger partial charge in [0.2, 0.25) is 0 Å². The molecule has 1 aliphatic heterocycles. The van der Waals surface area contributed by atoms with Crippen molar-refractivity contribution in [1.29, 1.82) is 0 Å². The largest absolute Gasteiger partial charge is 0.460 e. The van der Waals surface area contributed by atoms with Crippen LogP contribution in [0.2, 0.25) is 0 Å². The van der Waals surface area contributed by atoms with E-state index in [0.29, 0.717) is 6.01 Å². The number of hydrogen-bond acceptors (Lipinski definition) is 5. The summed E-state index contributed by atoms with van der Waals surface area (Å²) in [6.45, 7) is 4.96. The molecule has 6 heteroatoms. The van der Waals surface area contributed by atoms with Gasteiger partial charge >= 0.3 is 6.01 Å². The number of ether oxygens (including phenoxy) is 1. The first kappa shape index (κ1) is 15.4. The average molecular weight is 363 g/mol. The number of aromatic nitrogens is 3. The molecule has 116 valence electrons. The highest BCUT2D eigenvalue weighted by Gasteiger charge is 2.21. The van der Waals surface area contributed by atoms with Crippen molar-refractivity contribution >= 4 is 15.9 Å². The third-order valence-corrected chi connectivity index (χ3v) is 4.14. The van der Waals surface area contributed by atoms with E-state index in [-0.39, 0.29) is 6.10 Å². The molecule has 22 heavy (non-hydrogen) atoms. The Balaban J connectivity index is 1.49. The first-order valence-corrected chi connectivity index (χ1v) is 8.27. The molecule has 0 aromatic carbocycles. The predicted octanol–water partition coefficient (Wildman–Crippen LogP) is 2.99. The third kappa shape index (κ3) is 4.24. The number of likely N-dealkylation sites (tertiary alicyclic amines) is 1. The van der Waals surface area contributed by atoms with Gasteiger partial charge in [0.1, 0.15) is 6.10 Å². The molecule has 0 bridgehead atoms. The Labute approximate surface area is 138 Å². The number of halogens is 1. The molecule has 0 N–H and O–H groups in total. The highest BCUT2D eigenvalue weighted by molar-refractivity contribution is 9.10. The second kappa shape index (κ2) is 7.15. The van der Waals surface area contributed by atoms with Crippen molar-refractivity contribution in [3.05, 3.63) is 46.5 Å². The molecule has 0 unspecified atom stereocenters. The molecule has 0 radical (unpaired) electrons. The summed E-state index contributed by atoms with van der Waals surface area (Å²) in [6, 6.07) is 6.65. The topological polar surface area (TPSA) is 51.1 Å². The fraction of sp³-hybridized carbons (Fsp3) is 0.438. The summed E-state index contributed by atoms with van der Waals surface area (Å²) in [6.07, 6.45) is 5.60.